The molecule has 0 bridgehead atoms. The van der Waals surface area contributed by atoms with Gasteiger partial charge in [-0.3, -0.25) is 10.1 Å². The van der Waals surface area contributed by atoms with Gasteiger partial charge in [0.2, 0.25) is 5.91 Å². The van der Waals surface area contributed by atoms with Gasteiger partial charge in [-0.2, -0.15) is 0 Å². The molecule has 0 aliphatic rings. The molecule has 0 fully saturated rings. The summed E-state index contributed by atoms with van der Waals surface area (Å²) in [6.45, 7) is 2.16. The van der Waals surface area contributed by atoms with Crippen LogP contribution in [-0.4, -0.2) is 24.4 Å². The summed E-state index contributed by atoms with van der Waals surface area (Å²) in [5.41, 5.74) is 0. The van der Waals surface area contributed by atoms with Gasteiger partial charge in [-0.1, -0.05) is 0 Å². The molecule has 14 heavy (non-hydrogen) atoms. The summed E-state index contributed by atoms with van der Waals surface area (Å²) in [4.78, 5) is 21.8. The van der Waals surface area contributed by atoms with E-state index in [0.29, 0.717) is 13.0 Å². The smallest absolute Gasteiger partial charge is 0.321 e. The third-order valence-corrected chi connectivity index (χ3v) is 1.48. The number of nitrogens with one attached hydrogen (secondary N) is 2. The Kier molecular flexibility index (Phi) is 7.67. The molecule has 0 aromatic rings. The van der Waals surface area contributed by atoms with E-state index in [-0.39, 0.29) is 18.2 Å². The zero-order chi connectivity index (χ0) is 10.8. The van der Waals surface area contributed by atoms with Gasteiger partial charge in [0.1, 0.15) is 0 Å². The molecule has 0 atom stereocenters. The Labute approximate surface area is 88.4 Å². The average molecular weight is 217 g/mol. The molecule has 0 radical (unpaired) electrons. The van der Waals surface area contributed by atoms with Crippen LogP contribution in [0.25, 0.3) is 0 Å². The number of imide groups is 1. The lowest BCUT2D eigenvalue weighted by Gasteiger charge is -2.03. The molecule has 0 aliphatic heterocycles. The summed E-state index contributed by atoms with van der Waals surface area (Å²) in [5, 5.41) is 4.63. The van der Waals surface area contributed by atoms with Crippen LogP contribution < -0.4 is 10.6 Å². The monoisotopic (exact) mass is 216 g/mol. The van der Waals surface area contributed by atoms with E-state index in [4.69, 9.17) is 11.6 Å². The number of rotatable bonds is 4. The molecule has 5 heteroatoms. The Morgan fingerprint density at radius 2 is 2.14 bits per heavy atom. The zero-order valence-electron chi connectivity index (χ0n) is 8.02. The zero-order valence-corrected chi connectivity index (χ0v) is 8.78. The molecule has 0 rings (SSSR count). The summed E-state index contributed by atoms with van der Waals surface area (Å²) >= 11 is 5.31. The molecule has 0 aliphatic carbocycles. The number of urea groups is 1. The fraction of sp³-hybridized carbons (Fsp3) is 0.556. The molecule has 78 valence electrons. The van der Waals surface area contributed by atoms with Crippen molar-refractivity contribution in [3.8, 4) is 11.8 Å². The van der Waals surface area contributed by atoms with Crippen molar-refractivity contribution in [3.63, 3.8) is 0 Å². The van der Waals surface area contributed by atoms with Crippen molar-refractivity contribution in [1.29, 1.82) is 0 Å². The van der Waals surface area contributed by atoms with Gasteiger partial charge < -0.3 is 5.32 Å². The quantitative estimate of drug-likeness (QED) is 0.416. The fourth-order valence-corrected chi connectivity index (χ4v) is 0.854. The number of alkyl halides is 1. The van der Waals surface area contributed by atoms with Gasteiger partial charge in [0.05, 0.1) is 0 Å². The predicted molar refractivity (Wildman–Crippen MR) is 54.9 cm³/mol. The lowest BCUT2D eigenvalue weighted by Crippen LogP contribution is -2.39. The van der Waals surface area contributed by atoms with E-state index >= 15 is 0 Å². The van der Waals surface area contributed by atoms with Crippen LogP contribution in [0, 0.1) is 11.8 Å². The van der Waals surface area contributed by atoms with Gasteiger partial charge in [-0.15, -0.1) is 23.4 Å². The minimum atomic E-state index is -0.502. The number of halogens is 1. The number of hydrogen-bond acceptors (Lipinski definition) is 2. The molecule has 3 amide bonds. The number of carbonyl (C=O) groups excluding carboxylic acids is 2. The Bertz CT molecular complexity index is 255. The second-order valence-corrected chi connectivity index (χ2v) is 2.80. The van der Waals surface area contributed by atoms with Gasteiger partial charge in [0.15, 0.2) is 0 Å². The first-order chi connectivity index (χ1) is 6.70. The van der Waals surface area contributed by atoms with Crippen LogP contribution in [-0.2, 0) is 4.79 Å². The maximum Gasteiger partial charge on any atom is 0.321 e. The van der Waals surface area contributed by atoms with Crippen molar-refractivity contribution in [2.75, 3.05) is 12.4 Å². The van der Waals surface area contributed by atoms with Crippen molar-refractivity contribution in [2.24, 2.45) is 0 Å². The predicted octanol–water partition coefficient (Wildman–Crippen LogP) is 0.854. The van der Waals surface area contributed by atoms with Crippen molar-refractivity contribution in [3.05, 3.63) is 0 Å². The fourth-order valence-electron chi connectivity index (χ4n) is 0.683. The van der Waals surface area contributed by atoms with E-state index in [0.717, 1.165) is 0 Å². The van der Waals surface area contributed by atoms with Crippen molar-refractivity contribution in [1.82, 2.24) is 10.6 Å². The van der Waals surface area contributed by atoms with Gasteiger partial charge in [-0.25, -0.2) is 4.79 Å². The number of hydrogen-bond donors (Lipinski definition) is 2. The third-order valence-electron chi connectivity index (χ3n) is 1.29. The van der Waals surface area contributed by atoms with Gasteiger partial charge >= 0.3 is 6.03 Å². The van der Waals surface area contributed by atoms with Crippen molar-refractivity contribution >= 4 is 23.5 Å². The first kappa shape index (κ1) is 12.8. The third kappa shape index (κ3) is 7.44. The molecular weight excluding hydrogens is 204 g/mol. The first-order valence-electron chi connectivity index (χ1n) is 4.24. The molecule has 0 saturated heterocycles. The van der Waals surface area contributed by atoms with Gasteiger partial charge in [0.25, 0.3) is 0 Å². The minimum absolute atomic E-state index is 0.143. The Hall–Kier alpha value is -1.21. The highest BCUT2D eigenvalue weighted by atomic mass is 35.5. The lowest BCUT2D eigenvalue weighted by atomic mass is 10.4. The van der Waals surface area contributed by atoms with E-state index in [9.17, 15) is 9.59 Å². The summed E-state index contributed by atoms with van der Waals surface area (Å²) < 4.78 is 0. The molecule has 0 unspecified atom stereocenters. The Balaban J connectivity index is 3.53. The van der Waals surface area contributed by atoms with Crippen LogP contribution in [0.15, 0.2) is 0 Å². The van der Waals surface area contributed by atoms with Crippen LogP contribution in [0.1, 0.15) is 19.8 Å². The molecule has 0 aromatic carbocycles. The van der Waals surface area contributed by atoms with Crippen LogP contribution in [0.3, 0.4) is 0 Å². The second-order valence-electron chi connectivity index (χ2n) is 2.42. The molecular formula is C9H13ClN2O2. The standard InChI is InChI=1S/C9H13ClN2O2/c1-2-3-4-7-11-9(14)12-8(13)5-6-10/h4-7H2,1H3,(H2,11,12,13,14). The molecule has 0 heterocycles. The summed E-state index contributed by atoms with van der Waals surface area (Å²) in [6.07, 6.45) is 0.720. The molecule has 2 N–H and O–H groups in total. The van der Waals surface area contributed by atoms with Crippen LogP contribution in [0.2, 0.25) is 0 Å². The highest BCUT2D eigenvalue weighted by Gasteiger charge is 2.04. The van der Waals surface area contributed by atoms with Crippen molar-refractivity contribution in [2.45, 2.75) is 19.8 Å². The minimum Gasteiger partial charge on any atom is -0.337 e. The van der Waals surface area contributed by atoms with E-state index < -0.39 is 6.03 Å². The Morgan fingerprint density at radius 3 is 2.71 bits per heavy atom. The Morgan fingerprint density at radius 1 is 1.43 bits per heavy atom. The van der Waals surface area contributed by atoms with Gasteiger partial charge in [-0.05, 0) is 6.92 Å². The summed E-state index contributed by atoms with van der Waals surface area (Å²) in [6, 6.07) is -0.502. The first-order valence-corrected chi connectivity index (χ1v) is 4.77. The number of amides is 3. The maximum absolute atomic E-state index is 11.0. The summed E-state index contributed by atoms with van der Waals surface area (Å²) in [7, 11) is 0. The molecule has 0 saturated carbocycles. The number of carbonyl (C=O) groups is 2. The molecule has 0 spiro atoms. The largest absolute Gasteiger partial charge is 0.337 e. The topological polar surface area (TPSA) is 58.2 Å². The van der Waals surface area contributed by atoms with Gasteiger partial charge in [0, 0.05) is 25.3 Å². The van der Waals surface area contributed by atoms with Crippen LogP contribution in [0.5, 0.6) is 0 Å². The average Bonchev–Trinajstić information content (AvgIpc) is 2.13. The highest BCUT2D eigenvalue weighted by Crippen LogP contribution is 1.83. The van der Waals surface area contributed by atoms with E-state index in [1.54, 1.807) is 6.92 Å². The lowest BCUT2D eigenvalue weighted by molar-refractivity contribution is -0.119. The SMILES string of the molecule is CC#CCCNC(=O)NC(=O)CCCl. The second kappa shape index (κ2) is 8.39. The highest BCUT2D eigenvalue weighted by molar-refractivity contribution is 6.19. The summed E-state index contributed by atoms with van der Waals surface area (Å²) in [5.74, 6) is 5.31. The molecule has 0 aromatic heterocycles. The molecule has 4 nitrogen and oxygen atoms in total. The van der Waals surface area contributed by atoms with Crippen LogP contribution >= 0.6 is 11.6 Å². The van der Waals surface area contributed by atoms with E-state index in [1.165, 1.54) is 0 Å². The van der Waals surface area contributed by atoms with E-state index in [1.807, 2.05) is 0 Å². The van der Waals surface area contributed by atoms with E-state index in [2.05, 4.69) is 22.5 Å². The maximum atomic E-state index is 11.0. The normalized spacial score (nSPS) is 8.43. The van der Waals surface area contributed by atoms with Crippen LogP contribution in [0.4, 0.5) is 4.79 Å². The van der Waals surface area contributed by atoms with Crippen molar-refractivity contribution < 1.29 is 9.59 Å².